The van der Waals surface area contributed by atoms with Crippen molar-refractivity contribution < 1.29 is 0 Å². The fourth-order valence-corrected chi connectivity index (χ4v) is 4.86. The van der Waals surface area contributed by atoms with E-state index in [1.54, 1.807) is 4.57 Å². The first-order chi connectivity index (χ1) is 15.1. The number of rotatable bonds is 4. The zero-order valence-electron chi connectivity index (χ0n) is 18.6. The van der Waals surface area contributed by atoms with Crippen LogP contribution in [0, 0.1) is 0 Å². The Balaban J connectivity index is 0.00000245. The lowest BCUT2D eigenvalue weighted by Crippen LogP contribution is -2.44. The maximum atomic E-state index is 13.6. The molecular weight excluding hydrogens is 426 g/mol. The summed E-state index contributed by atoms with van der Waals surface area (Å²) in [6, 6.07) is 10.3. The van der Waals surface area contributed by atoms with E-state index in [0.717, 1.165) is 69.3 Å². The summed E-state index contributed by atoms with van der Waals surface area (Å²) in [5.74, 6) is 1.53. The SMILES string of the molecule is Cl.Cn1c(N2CCCCC2)nc2nc(N3CCCC(N)C3)n(Cc3ccccc3)c2c1=O. The molecule has 0 saturated carbocycles. The number of imidazole rings is 1. The molecule has 8 nitrogen and oxygen atoms in total. The number of hydrogen-bond donors (Lipinski definition) is 1. The molecular formula is C23H32ClN7O. The average molecular weight is 458 g/mol. The van der Waals surface area contributed by atoms with Crippen LogP contribution < -0.4 is 21.1 Å². The van der Waals surface area contributed by atoms with E-state index in [2.05, 4.69) is 21.9 Å². The minimum Gasteiger partial charge on any atom is -0.342 e. The second kappa shape index (κ2) is 9.50. The number of halogens is 1. The molecule has 2 fully saturated rings. The van der Waals surface area contributed by atoms with Crippen molar-refractivity contribution in [2.75, 3.05) is 36.0 Å². The molecule has 2 saturated heterocycles. The van der Waals surface area contributed by atoms with Crippen LogP contribution in [0.15, 0.2) is 35.1 Å². The van der Waals surface area contributed by atoms with E-state index in [9.17, 15) is 4.79 Å². The van der Waals surface area contributed by atoms with E-state index >= 15 is 0 Å². The molecule has 1 atom stereocenters. The minimum absolute atomic E-state index is 0. The Morgan fingerprint density at radius 1 is 0.969 bits per heavy atom. The summed E-state index contributed by atoms with van der Waals surface area (Å²) in [7, 11) is 1.83. The largest absolute Gasteiger partial charge is 0.342 e. The summed E-state index contributed by atoms with van der Waals surface area (Å²) in [6.45, 7) is 4.09. The molecule has 1 aromatic carbocycles. The second-order valence-corrected chi connectivity index (χ2v) is 8.83. The molecule has 0 spiro atoms. The van der Waals surface area contributed by atoms with Crippen LogP contribution in [0.1, 0.15) is 37.7 Å². The molecule has 0 bridgehead atoms. The van der Waals surface area contributed by atoms with Crippen LogP contribution in [0.5, 0.6) is 0 Å². The predicted octanol–water partition coefficient (Wildman–Crippen LogP) is 2.52. The van der Waals surface area contributed by atoms with Crippen LogP contribution in [0.2, 0.25) is 0 Å². The summed E-state index contributed by atoms with van der Waals surface area (Å²) >= 11 is 0. The van der Waals surface area contributed by atoms with Gasteiger partial charge in [0.15, 0.2) is 11.2 Å². The van der Waals surface area contributed by atoms with Crippen LogP contribution >= 0.6 is 12.4 Å². The number of fused-ring (bicyclic) bond motifs is 1. The fourth-order valence-electron chi connectivity index (χ4n) is 4.86. The van der Waals surface area contributed by atoms with Crippen molar-refractivity contribution in [2.24, 2.45) is 12.8 Å². The van der Waals surface area contributed by atoms with Crippen molar-refractivity contribution >= 4 is 35.5 Å². The van der Waals surface area contributed by atoms with Gasteiger partial charge in [0, 0.05) is 39.3 Å². The summed E-state index contributed by atoms with van der Waals surface area (Å²) in [5, 5.41) is 0. The lowest BCUT2D eigenvalue weighted by atomic mass is 10.1. The number of aromatic nitrogens is 4. The Hall–Kier alpha value is -2.58. The monoisotopic (exact) mass is 457 g/mol. The lowest BCUT2D eigenvalue weighted by molar-refractivity contribution is 0.495. The molecule has 3 aromatic rings. The first-order valence-electron chi connectivity index (χ1n) is 11.4. The third-order valence-electron chi connectivity index (χ3n) is 6.51. The van der Waals surface area contributed by atoms with E-state index in [1.807, 2.05) is 29.8 Å². The molecule has 2 aliphatic rings. The van der Waals surface area contributed by atoms with Crippen molar-refractivity contribution in [3.63, 3.8) is 0 Å². The first kappa shape index (κ1) is 22.6. The van der Waals surface area contributed by atoms with Gasteiger partial charge in [-0.05, 0) is 37.7 Å². The molecule has 0 aliphatic carbocycles. The Kier molecular flexibility index (Phi) is 6.71. The molecule has 2 aromatic heterocycles. The number of hydrogen-bond acceptors (Lipinski definition) is 6. The van der Waals surface area contributed by atoms with Crippen LogP contribution in [0.3, 0.4) is 0 Å². The summed E-state index contributed by atoms with van der Waals surface area (Å²) in [4.78, 5) is 27.8. The first-order valence-corrected chi connectivity index (χ1v) is 11.4. The molecule has 2 aliphatic heterocycles. The quantitative estimate of drug-likeness (QED) is 0.648. The normalized spacial score (nSPS) is 19.2. The number of benzene rings is 1. The Morgan fingerprint density at radius 3 is 2.38 bits per heavy atom. The van der Waals surface area contributed by atoms with E-state index in [-0.39, 0.29) is 24.0 Å². The summed E-state index contributed by atoms with van der Waals surface area (Å²) in [6.07, 6.45) is 5.55. The average Bonchev–Trinajstić information content (AvgIpc) is 3.16. The Labute approximate surface area is 194 Å². The van der Waals surface area contributed by atoms with Crippen molar-refractivity contribution in [3.8, 4) is 0 Å². The van der Waals surface area contributed by atoms with Crippen molar-refractivity contribution in [2.45, 2.75) is 44.7 Å². The number of nitrogens with two attached hydrogens (primary N) is 1. The van der Waals surface area contributed by atoms with E-state index in [4.69, 9.17) is 15.7 Å². The van der Waals surface area contributed by atoms with Gasteiger partial charge >= 0.3 is 0 Å². The maximum Gasteiger partial charge on any atom is 0.281 e. The van der Waals surface area contributed by atoms with Crippen molar-refractivity contribution in [1.82, 2.24) is 19.1 Å². The van der Waals surface area contributed by atoms with Gasteiger partial charge in [-0.25, -0.2) is 0 Å². The van der Waals surface area contributed by atoms with Gasteiger partial charge in [0.05, 0.1) is 6.54 Å². The Morgan fingerprint density at radius 2 is 1.66 bits per heavy atom. The molecule has 0 radical (unpaired) electrons. The molecule has 4 heterocycles. The highest BCUT2D eigenvalue weighted by Gasteiger charge is 2.26. The van der Waals surface area contributed by atoms with Gasteiger partial charge in [-0.15, -0.1) is 12.4 Å². The van der Waals surface area contributed by atoms with Crippen molar-refractivity contribution in [3.05, 3.63) is 46.2 Å². The third-order valence-corrected chi connectivity index (χ3v) is 6.51. The van der Waals surface area contributed by atoms with Gasteiger partial charge in [-0.2, -0.15) is 9.97 Å². The lowest BCUT2D eigenvalue weighted by Gasteiger charge is -2.31. The van der Waals surface area contributed by atoms with Crippen molar-refractivity contribution in [1.29, 1.82) is 0 Å². The number of anilines is 2. The molecule has 172 valence electrons. The van der Waals surface area contributed by atoms with Gasteiger partial charge in [0.2, 0.25) is 11.9 Å². The van der Waals surface area contributed by atoms with Crippen LogP contribution in [-0.2, 0) is 13.6 Å². The van der Waals surface area contributed by atoms with Crippen LogP contribution in [0.25, 0.3) is 11.2 Å². The number of piperidine rings is 2. The topological polar surface area (TPSA) is 85.2 Å². The van der Waals surface area contributed by atoms with Gasteiger partial charge < -0.3 is 15.5 Å². The molecule has 5 rings (SSSR count). The van der Waals surface area contributed by atoms with Crippen LogP contribution in [0.4, 0.5) is 11.9 Å². The van der Waals surface area contributed by atoms with E-state index in [0.29, 0.717) is 17.7 Å². The highest BCUT2D eigenvalue weighted by atomic mass is 35.5. The third kappa shape index (κ3) is 4.21. The maximum absolute atomic E-state index is 13.6. The summed E-state index contributed by atoms with van der Waals surface area (Å²) in [5.41, 5.74) is 8.47. The van der Waals surface area contributed by atoms with Gasteiger partial charge in [-0.1, -0.05) is 30.3 Å². The zero-order valence-corrected chi connectivity index (χ0v) is 19.4. The molecule has 1 unspecified atom stereocenters. The Bertz CT molecular complexity index is 1120. The molecule has 32 heavy (non-hydrogen) atoms. The summed E-state index contributed by atoms with van der Waals surface area (Å²) < 4.78 is 3.74. The zero-order chi connectivity index (χ0) is 21.4. The predicted molar refractivity (Wildman–Crippen MR) is 131 cm³/mol. The standard InChI is InChI=1S/C23H31N7O.ClH/c1-27-21(31)19-20(25-22(27)28-12-6-3-7-13-28)26-23(29-14-8-11-18(24)16-29)30(19)15-17-9-4-2-5-10-17;/h2,4-5,9-10,18H,3,6-8,11-16,24H2,1H3;1H. The molecule has 9 heteroatoms. The molecule has 0 amide bonds. The van der Waals surface area contributed by atoms with E-state index < -0.39 is 0 Å². The highest BCUT2D eigenvalue weighted by molar-refractivity contribution is 5.85. The number of nitrogens with zero attached hydrogens (tertiary/aromatic N) is 6. The van der Waals surface area contributed by atoms with Crippen LogP contribution in [-0.4, -0.2) is 51.3 Å². The van der Waals surface area contributed by atoms with Gasteiger partial charge in [-0.3, -0.25) is 13.9 Å². The van der Waals surface area contributed by atoms with Gasteiger partial charge in [0.1, 0.15) is 0 Å². The highest BCUT2D eigenvalue weighted by Crippen LogP contribution is 2.26. The minimum atomic E-state index is -0.0402. The second-order valence-electron chi connectivity index (χ2n) is 8.83. The smallest absolute Gasteiger partial charge is 0.281 e. The fraction of sp³-hybridized carbons (Fsp3) is 0.522. The van der Waals surface area contributed by atoms with E-state index in [1.165, 1.54) is 6.42 Å². The van der Waals surface area contributed by atoms with Gasteiger partial charge in [0.25, 0.3) is 5.56 Å². The molecule has 2 N–H and O–H groups in total.